The smallest absolute Gasteiger partial charge is 0.0641 e. The molecule has 0 aromatic carbocycles. The fourth-order valence-corrected chi connectivity index (χ4v) is 3.39. The standard InChI is InChI=1S/C15H32N2O/c1-12(2)18-11-14(16-4)15(17(5)6)9-7-8-13(3)10-15/h12-14,16H,7-11H2,1-6H3. The quantitative estimate of drug-likeness (QED) is 0.790. The van der Waals surface area contributed by atoms with E-state index in [2.05, 4.69) is 52.1 Å². The molecule has 18 heavy (non-hydrogen) atoms. The lowest BCUT2D eigenvalue weighted by molar-refractivity contribution is -0.0171. The second-order valence-corrected chi connectivity index (χ2v) is 6.42. The van der Waals surface area contributed by atoms with Crippen molar-refractivity contribution in [2.24, 2.45) is 5.92 Å². The fourth-order valence-electron chi connectivity index (χ4n) is 3.39. The molecule has 1 N–H and O–H groups in total. The van der Waals surface area contributed by atoms with Gasteiger partial charge in [-0.3, -0.25) is 0 Å². The first-order valence-electron chi connectivity index (χ1n) is 7.38. The van der Waals surface area contributed by atoms with Crippen LogP contribution >= 0.6 is 0 Å². The maximum Gasteiger partial charge on any atom is 0.0641 e. The van der Waals surface area contributed by atoms with Gasteiger partial charge in [0.15, 0.2) is 0 Å². The van der Waals surface area contributed by atoms with Crippen LogP contribution in [0.5, 0.6) is 0 Å². The third kappa shape index (κ3) is 3.69. The first-order chi connectivity index (χ1) is 8.42. The van der Waals surface area contributed by atoms with Crippen LogP contribution in [-0.2, 0) is 4.74 Å². The molecule has 0 spiro atoms. The van der Waals surface area contributed by atoms with Crippen LogP contribution < -0.4 is 5.32 Å². The van der Waals surface area contributed by atoms with Crippen molar-refractivity contribution in [2.45, 2.75) is 64.1 Å². The van der Waals surface area contributed by atoms with E-state index in [1.807, 2.05) is 0 Å². The summed E-state index contributed by atoms with van der Waals surface area (Å²) in [6.45, 7) is 7.41. The molecule has 3 unspecified atom stereocenters. The van der Waals surface area contributed by atoms with Crippen molar-refractivity contribution in [3.63, 3.8) is 0 Å². The Morgan fingerprint density at radius 3 is 2.50 bits per heavy atom. The Labute approximate surface area is 113 Å². The Morgan fingerprint density at radius 2 is 2.06 bits per heavy atom. The normalized spacial score (nSPS) is 31.0. The van der Waals surface area contributed by atoms with E-state index in [1.54, 1.807) is 0 Å². The lowest BCUT2D eigenvalue weighted by atomic mass is 9.71. The number of rotatable bonds is 6. The maximum absolute atomic E-state index is 5.87. The summed E-state index contributed by atoms with van der Waals surface area (Å²) < 4.78 is 5.87. The number of nitrogens with one attached hydrogen (secondary N) is 1. The van der Waals surface area contributed by atoms with E-state index in [9.17, 15) is 0 Å². The molecule has 0 aromatic rings. The van der Waals surface area contributed by atoms with Crippen molar-refractivity contribution >= 4 is 0 Å². The van der Waals surface area contributed by atoms with Crippen LogP contribution in [0.1, 0.15) is 46.5 Å². The first-order valence-corrected chi connectivity index (χ1v) is 7.38. The van der Waals surface area contributed by atoms with E-state index >= 15 is 0 Å². The summed E-state index contributed by atoms with van der Waals surface area (Å²) in [5.41, 5.74) is 0.251. The van der Waals surface area contributed by atoms with Crippen LogP contribution in [0.4, 0.5) is 0 Å². The van der Waals surface area contributed by atoms with Crippen molar-refractivity contribution in [3.8, 4) is 0 Å². The largest absolute Gasteiger partial charge is 0.377 e. The highest BCUT2D eigenvalue weighted by molar-refractivity contribution is 5.01. The number of ether oxygens (including phenoxy) is 1. The highest BCUT2D eigenvalue weighted by Gasteiger charge is 2.43. The topological polar surface area (TPSA) is 24.5 Å². The van der Waals surface area contributed by atoms with Gasteiger partial charge in [0.25, 0.3) is 0 Å². The van der Waals surface area contributed by atoms with Crippen molar-refractivity contribution < 1.29 is 4.74 Å². The Bertz CT molecular complexity index is 243. The Balaban J connectivity index is 2.79. The highest BCUT2D eigenvalue weighted by atomic mass is 16.5. The van der Waals surface area contributed by atoms with Crippen molar-refractivity contribution in [1.29, 1.82) is 0 Å². The van der Waals surface area contributed by atoms with Crippen LogP contribution in [0.15, 0.2) is 0 Å². The molecule has 0 saturated heterocycles. The minimum atomic E-state index is 0.251. The molecule has 1 rings (SSSR count). The number of nitrogens with zero attached hydrogens (tertiary/aromatic N) is 1. The van der Waals surface area contributed by atoms with Gasteiger partial charge < -0.3 is 15.0 Å². The Morgan fingerprint density at radius 1 is 1.39 bits per heavy atom. The number of hydrogen-bond donors (Lipinski definition) is 1. The molecule has 3 heteroatoms. The monoisotopic (exact) mass is 256 g/mol. The van der Waals surface area contributed by atoms with Gasteiger partial charge in [-0.1, -0.05) is 19.8 Å². The summed E-state index contributed by atoms with van der Waals surface area (Å²) in [4.78, 5) is 2.42. The molecule has 0 bridgehead atoms. The summed E-state index contributed by atoms with van der Waals surface area (Å²) in [5, 5.41) is 3.50. The van der Waals surface area contributed by atoms with Gasteiger partial charge in [0, 0.05) is 11.6 Å². The molecule has 0 aromatic heterocycles. The average Bonchev–Trinajstić information content (AvgIpc) is 2.29. The molecule has 0 amide bonds. The van der Waals surface area contributed by atoms with Crippen molar-refractivity contribution in [3.05, 3.63) is 0 Å². The second-order valence-electron chi connectivity index (χ2n) is 6.42. The molecule has 1 aliphatic carbocycles. The Kier molecular flexibility index (Phi) is 6.09. The third-order valence-electron chi connectivity index (χ3n) is 4.49. The lowest BCUT2D eigenvalue weighted by Crippen LogP contribution is -2.62. The molecule has 0 aliphatic heterocycles. The molecule has 1 fully saturated rings. The van der Waals surface area contributed by atoms with Gasteiger partial charge in [0.05, 0.1) is 12.7 Å². The Hall–Kier alpha value is -0.120. The fraction of sp³-hybridized carbons (Fsp3) is 1.00. The molecule has 1 aliphatic rings. The van der Waals surface area contributed by atoms with Gasteiger partial charge in [0.2, 0.25) is 0 Å². The van der Waals surface area contributed by atoms with Gasteiger partial charge in [-0.15, -0.1) is 0 Å². The summed E-state index contributed by atoms with van der Waals surface area (Å²) in [6, 6.07) is 0.414. The van der Waals surface area contributed by atoms with Crippen LogP contribution in [0.3, 0.4) is 0 Å². The molecule has 0 heterocycles. The van der Waals surface area contributed by atoms with Crippen LogP contribution in [-0.4, -0.2) is 50.3 Å². The van der Waals surface area contributed by atoms with Crippen molar-refractivity contribution in [2.75, 3.05) is 27.7 Å². The molecule has 3 atom stereocenters. The first kappa shape index (κ1) is 15.9. The van der Waals surface area contributed by atoms with Gasteiger partial charge in [-0.2, -0.15) is 0 Å². The summed E-state index contributed by atoms with van der Waals surface area (Å²) in [5.74, 6) is 0.816. The van der Waals surface area contributed by atoms with Crippen molar-refractivity contribution in [1.82, 2.24) is 10.2 Å². The second kappa shape index (κ2) is 6.88. The maximum atomic E-state index is 5.87. The van der Waals surface area contributed by atoms with Gasteiger partial charge in [-0.05, 0) is 53.8 Å². The molecule has 1 saturated carbocycles. The van der Waals surface area contributed by atoms with Crippen LogP contribution in [0.25, 0.3) is 0 Å². The molecule has 3 nitrogen and oxygen atoms in total. The highest BCUT2D eigenvalue weighted by Crippen LogP contribution is 2.38. The molecule has 0 radical (unpaired) electrons. The predicted octanol–water partition coefficient (Wildman–Crippen LogP) is 2.51. The van der Waals surface area contributed by atoms with E-state index < -0.39 is 0 Å². The summed E-state index contributed by atoms with van der Waals surface area (Å²) >= 11 is 0. The molecular formula is C15H32N2O. The zero-order valence-electron chi connectivity index (χ0n) is 13.1. The summed E-state index contributed by atoms with van der Waals surface area (Å²) in [6.07, 6.45) is 5.56. The zero-order valence-corrected chi connectivity index (χ0v) is 13.1. The number of hydrogen-bond acceptors (Lipinski definition) is 3. The molecule has 108 valence electrons. The third-order valence-corrected chi connectivity index (χ3v) is 4.49. The number of likely N-dealkylation sites (N-methyl/N-ethyl adjacent to an activating group) is 2. The SMILES string of the molecule is CNC(COC(C)C)C1(N(C)C)CCCC(C)C1. The van der Waals surface area contributed by atoms with E-state index in [4.69, 9.17) is 4.74 Å². The van der Waals surface area contributed by atoms with Crippen LogP contribution in [0, 0.1) is 5.92 Å². The lowest BCUT2D eigenvalue weighted by Gasteiger charge is -2.50. The van der Waals surface area contributed by atoms with Gasteiger partial charge >= 0.3 is 0 Å². The summed E-state index contributed by atoms with van der Waals surface area (Å²) in [7, 11) is 6.51. The predicted molar refractivity (Wildman–Crippen MR) is 78.0 cm³/mol. The molecular weight excluding hydrogens is 224 g/mol. The minimum absolute atomic E-state index is 0.251. The average molecular weight is 256 g/mol. The van der Waals surface area contributed by atoms with Crippen LogP contribution in [0.2, 0.25) is 0 Å². The van der Waals surface area contributed by atoms with E-state index in [0.29, 0.717) is 12.1 Å². The zero-order chi connectivity index (χ0) is 13.8. The van der Waals surface area contributed by atoms with E-state index in [0.717, 1.165) is 12.5 Å². The van der Waals surface area contributed by atoms with E-state index in [1.165, 1.54) is 25.7 Å². The van der Waals surface area contributed by atoms with Gasteiger partial charge in [0.1, 0.15) is 0 Å². The van der Waals surface area contributed by atoms with Gasteiger partial charge in [-0.25, -0.2) is 0 Å². The van der Waals surface area contributed by atoms with E-state index in [-0.39, 0.29) is 5.54 Å². The minimum Gasteiger partial charge on any atom is -0.377 e.